The van der Waals surface area contributed by atoms with Gasteiger partial charge in [0, 0.05) is 39.5 Å². The Morgan fingerprint density at radius 3 is 2.82 bits per heavy atom. The molecule has 0 saturated carbocycles. The van der Waals surface area contributed by atoms with Gasteiger partial charge in [0.25, 0.3) is 0 Å². The molecule has 0 spiro atoms. The lowest BCUT2D eigenvalue weighted by Crippen LogP contribution is -2.38. The summed E-state index contributed by atoms with van der Waals surface area (Å²) in [5.41, 5.74) is 0.977. The fraction of sp³-hybridized carbons (Fsp3) is 0.550. The fourth-order valence-electron chi connectivity index (χ4n) is 3.42. The lowest BCUT2D eigenvalue weighted by molar-refractivity contribution is 0.594. The predicted octanol–water partition coefficient (Wildman–Crippen LogP) is 3.10. The molecule has 1 aromatic heterocycles. The van der Waals surface area contributed by atoms with Crippen LogP contribution in [0.3, 0.4) is 0 Å². The number of aliphatic imine (C=N–C) groups is 1. The number of hydrogen-bond donors (Lipinski definition) is 2. The van der Waals surface area contributed by atoms with Gasteiger partial charge in [-0.15, -0.1) is 34.2 Å². The van der Waals surface area contributed by atoms with E-state index in [1.165, 1.54) is 25.3 Å². The minimum absolute atomic E-state index is 0. The van der Waals surface area contributed by atoms with Crippen LogP contribution in [0.2, 0.25) is 0 Å². The molecular weight excluding hydrogens is 470 g/mol. The van der Waals surface area contributed by atoms with Crippen LogP contribution in [-0.4, -0.2) is 40.9 Å². The van der Waals surface area contributed by atoms with Gasteiger partial charge < -0.3 is 15.2 Å². The lowest BCUT2D eigenvalue weighted by atomic mass is 10.1. The highest BCUT2D eigenvalue weighted by atomic mass is 127. The van der Waals surface area contributed by atoms with Crippen LogP contribution in [-0.2, 0) is 25.8 Å². The minimum atomic E-state index is -0.193. The van der Waals surface area contributed by atoms with E-state index in [-0.39, 0.29) is 29.8 Å². The molecule has 0 bridgehead atoms. The van der Waals surface area contributed by atoms with Crippen molar-refractivity contribution in [2.24, 2.45) is 4.99 Å². The molecule has 8 heteroatoms. The van der Waals surface area contributed by atoms with E-state index in [0.717, 1.165) is 61.9 Å². The highest BCUT2D eigenvalue weighted by Crippen LogP contribution is 2.15. The first kappa shape index (κ1) is 22.6. The SMILES string of the molecule is CN=C(NCCCc1nnc2n1CCCCC2)NCCc1cccc(F)c1.I. The van der Waals surface area contributed by atoms with Gasteiger partial charge in [-0.3, -0.25) is 4.99 Å². The number of aryl methyl sites for hydroxylation is 2. The molecule has 6 nitrogen and oxygen atoms in total. The zero-order valence-corrected chi connectivity index (χ0v) is 18.8. The summed E-state index contributed by atoms with van der Waals surface area (Å²) in [7, 11) is 1.76. The van der Waals surface area contributed by atoms with Gasteiger partial charge in [-0.1, -0.05) is 18.6 Å². The summed E-state index contributed by atoms with van der Waals surface area (Å²) in [6.45, 7) is 2.58. The van der Waals surface area contributed by atoms with E-state index in [1.54, 1.807) is 19.2 Å². The normalized spacial score (nSPS) is 14.0. The zero-order valence-electron chi connectivity index (χ0n) is 16.5. The van der Waals surface area contributed by atoms with Crippen molar-refractivity contribution in [1.29, 1.82) is 0 Å². The molecule has 0 radical (unpaired) electrons. The number of rotatable bonds is 7. The maximum Gasteiger partial charge on any atom is 0.190 e. The summed E-state index contributed by atoms with van der Waals surface area (Å²) in [4.78, 5) is 4.24. The van der Waals surface area contributed by atoms with E-state index in [4.69, 9.17) is 0 Å². The van der Waals surface area contributed by atoms with Crippen molar-refractivity contribution in [2.75, 3.05) is 20.1 Å². The molecular formula is C20H30FIN6. The van der Waals surface area contributed by atoms with Crippen molar-refractivity contribution >= 4 is 29.9 Å². The first-order chi connectivity index (χ1) is 13.3. The number of hydrogen-bond acceptors (Lipinski definition) is 3. The molecule has 154 valence electrons. The van der Waals surface area contributed by atoms with Gasteiger partial charge in [0.1, 0.15) is 17.5 Å². The van der Waals surface area contributed by atoms with Crippen molar-refractivity contribution < 1.29 is 4.39 Å². The van der Waals surface area contributed by atoms with Gasteiger partial charge in [-0.25, -0.2) is 4.39 Å². The largest absolute Gasteiger partial charge is 0.356 e. The Morgan fingerprint density at radius 1 is 1.14 bits per heavy atom. The Bertz CT molecular complexity index is 761. The minimum Gasteiger partial charge on any atom is -0.356 e. The monoisotopic (exact) mass is 500 g/mol. The molecule has 0 amide bonds. The van der Waals surface area contributed by atoms with E-state index in [2.05, 4.69) is 30.4 Å². The summed E-state index contributed by atoms with van der Waals surface area (Å²) in [6, 6.07) is 6.70. The molecule has 2 heterocycles. The van der Waals surface area contributed by atoms with Gasteiger partial charge in [-0.05, 0) is 43.4 Å². The van der Waals surface area contributed by atoms with E-state index >= 15 is 0 Å². The lowest BCUT2D eigenvalue weighted by Gasteiger charge is -2.12. The number of aromatic nitrogens is 3. The standard InChI is InChI=1S/C20H29FN6.HI/c1-22-20(24-13-11-16-7-5-8-17(21)15-16)23-12-6-10-19-26-25-18-9-3-2-4-14-27(18)19;/h5,7-8,15H,2-4,6,9-14H2,1H3,(H2,22,23,24);1H. The van der Waals surface area contributed by atoms with Crippen LogP contribution < -0.4 is 10.6 Å². The highest BCUT2D eigenvalue weighted by molar-refractivity contribution is 14.0. The topological polar surface area (TPSA) is 67.1 Å². The van der Waals surface area contributed by atoms with Crippen molar-refractivity contribution in [3.63, 3.8) is 0 Å². The van der Waals surface area contributed by atoms with Crippen LogP contribution in [0.1, 0.15) is 42.9 Å². The van der Waals surface area contributed by atoms with Gasteiger partial charge >= 0.3 is 0 Å². The van der Waals surface area contributed by atoms with E-state index in [9.17, 15) is 4.39 Å². The Balaban J connectivity index is 0.00000280. The maximum absolute atomic E-state index is 13.2. The summed E-state index contributed by atoms with van der Waals surface area (Å²) in [6.07, 6.45) is 7.41. The number of halogens is 2. The van der Waals surface area contributed by atoms with Crippen LogP contribution in [0.5, 0.6) is 0 Å². The Labute approximate surface area is 183 Å². The number of fused-ring (bicyclic) bond motifs is 1. The number of nitrogens with one attached hydrogen (secondary N) is 2. The van der Waals surface area contributed by atoms with Gasteiger partial charge in [-0.2, -0.15) is 0 Å². The first-order valence-electron chi connectivity index (χ1n) is 9.86. The Hall–Kier alpha value is -1.71. The summed E-state index contributed by atoms with van der Waals surface area (Å²) in [5.74, 6) is 2.82. The molecule has 0 unspecified atom stereocenters. The van der Waals surface area contributed by atoms with Crippen molar-refractivity contribution in [3.8, 4) is 0 Å². The fourth-order valence-corrected chi connectivity index (χ4v) is 3.42. The third-order valence-electron chi connectivity index (χ3n) is 4.87. The molecule has 2 aromatic rings. The van der Waals surface area contributed by atoms with Crippen LogP contribution in [0, 0.1) is 5.82 Å². The molecule has 2 N–H and O–H groups in total. The van der Waals surface area contributed by atoms with E-state index < -0.39 is 0 Å². The molecule has 3 rings (SSSR count). The Morgan fingerprint density at radius 2 is 2.00 bits per heavy atom. The molecule has 28 heavy (non-hydrogen) atoms. The third kappa shape index (κ3) is 6.72. The summed E-state index contributed by atoms with van der Waals surface area (Å²) < 4.78 is 15.5. The average Bonchev–Trinajstić information content (AvgIpc) is 2.90. The van der Waals surface area contributed by atoms with Gasteiger partial charge in [0.05, 0.1) is 0 Å². The smallest absolute Gasteiger partial charge is 0.190 e. The second-order valence-electron chi connectivity index (χ2n) is 6.90. The Kier molecular flexibility index (Phi) is 9.66. The summed E-state index contributed by atoms with van der Waals surface area (Å²) in [5, 5.41) is 15.3. The zero-order chi connectivity index (χ0) is 18.9. The maximum atomic E-state index is 13.2. The van der Waals surface area contributed by atoms with Crippen LogP contribution >= 0.6 is 24.0 Å². The molecule has 1 aromatic carbocycles. The van der Waals surface area contributed by atoms with E-state index in [1.807, 2.05) is 6.07 Å². The van der Waals surface area contributed by atoms with Gasteiger partial charge in [0.15, 0.2) is 5.96 Å². The average molecular weight is 500 g/mol. The summed E-state index contributed by atoms with van der Waals surface area (Å²) >= 11 is 0. The third-order valence-corrected chi connectivity index (χ3v) is 4.87. The molecule has 0 saturated heterocycles. The number of nitrogens with zero attached hydrogens (tertiary/aromatic N) is 4. The molecule has 0 aliphatic carbocycles. The number of benzene rings is 1. The van der Waals surface area contributed by atoms with Crippen molar-refractivity contribution in [3.05, 3.63) is 47.3 Å². The van der Waals surface area contributed by atoms with Crippen LogP contribution in [0.4, 0.5) is 4.39 Å². The molecule has 0 fully saturated rings. The molecule has 0 atom stereocenters. The predicted molar refractivity (Wildman–Crippen MR) is 121 cm³/mol. The van der Waals surface area contributed by atoms with Crippen LogP contribution in [0.25, 0.3) is 0 Å². The second kappa shape index (κ2) is 12.0. The van der Waals surface area contributed by atoms with Crippen LogP contribution in [0.15, 0.2) is 29.3 Å². The highest BCUT2D eigenvalue weighted by Gasteiger charge is 2.14. The number of guanidine groups is 1. The first-order valence-corrected chi connectivity index (χ1v) is 9.86. The van der Waals surface area contributed by atoms with Crippen molar-refractivity contribution in [1.82, 2.24) is 25.4 Å². The quantitative estimate of drug-likeness (QED) is 0.266. The second-order valence-corrected chi connectivity index (χ2v) is 6.90. The van der Waals surface area contributed by atoms with Crippen molar-refractivity contribution in [2.45, 2.75) is 51.5 Å². The van der Waals surface area contributed by atoms with E-state index in [0.29, 0.717) is 6.54 Å². The molecule has 1 aliphatic heterocycles. The van der Waals surface area contributed by atoms with Gasteiger partial charge in [0.2, 0.25) is 0 Å². The molecule has 1 aliphatic rings.